The smallest absolute Gasteiger partial charge is 0.262 e. The molecule has 0 radical (unpaired) electrons. The van der Waals surface area contributed by atoms with E-state index in [4.69, 9.17) is 9.47 Å². The topological polar surface area (TPSA) is 47.6 Å². The summed E-state index contributed by atoms with van der Waals surface area (Å²) in [7, 11) is 1.63. The number of carbonyl (C=O) groups is 1. The molecule has 0 aliphatic heterocycles. The molecule has 1 amide bonds. The number of aryl methyl sites for hydroxylation is 1. The van der Waals surface area contributed by atoms with Crippen molar-refractivity contribution in [2.24, 2.45) is 0 Å². The number of benzene rings is 2. The SMILES string of the molecule is COc1c(C)ccc(NC(=O)COc2ccc(I)cc2)c1C. The van der Waals surface area contributed by atoms with Crippen molar-refractivity contribution in [3.05, 3.63) is 51.1 Å². The average molecular weight is 411 g/mol. The van der Waals surface area contributed by atoms with E-state index in [9.17, 15) is 4.79 Å². The van der Waals surface area contributed by atoms with Crippen molar-refractivity contribution in [3.8, 4) is 11.5 Å². The van der Waals surface area contributed by atoms with Crippen molar-refractivity contribution >= 4 is 34.2 Å². The number of nitrogens with one attached hydrogen (secondary N) is 1. The monoisotopic (exact) mass is 411 g/mol. The highest BCUT2D eigenvalue weighted by Gasteiger charge is 2.11. The molecule has 0 spiro atoms. The fourth-order valence-electron chi connectivity index (χ4n) is 2.14. The molecule has 116 valence electrons. The number of amides is 1. The van der Waals surface area contributed by atoms with E-state index in [0.29, 0.717) is 5.75 Å². The van der Waals surface area contributed by atoms with E-state index in [2.05, 4.69) is 27.9 Å². The molecule has 0 atom stereocenters. The van der Waals surface area contributed by atoms with Crippen molar-refractivity contribution in [1.29, 1.82) is 0 Å². The van der Waals surface area contributed by atoms with Gasteiger partial charge in [0.25, 0.3) is 5.91 Å². The zero-order valence-corrected chi connectivity index (χ0v) is 14.9. The number of halogens is 1. The minimum atomic E-state index is -0.201. The molecular formula is C17H18INO3. The lowest BCUT2D eigenvalue weighted by Crippen LogP contribution is -2.20. The van der Waals surface area contributed by atoms with E-state index < -0.39 is 0 Å². The van der Waals surface area contributed by atoms with Crippen LogP contribution in [0.1, 0.15) is 11.1 Å². The van der Waals surface area contributed by atoms with Crippen LogP contribution in [0.5, 0.6) is 11.5 Å². The van der Waals surface area contributed by atoms with E-state index in [-0.39, 0.29) is 12.5 Å². The quantitative estimate of drug-likeness (QED) is 0.759. The number of hydrogen-bond donors (Lipinski definition) is 1. The van der Waals surface area contributed by atoms with E-state index in [1.54, 1.807) is 7.11 Å². The van der Waals surface area contributed by atoms with Crippen LogP contribution >= 0.6 is 22.6 Å². The van der Waals surface area contributed by atoms with E-state index in [0.717, 1.165) is 26.1 Å². The standard InChI is InChI=1S/C17H18INO3/c1-11-4-9-15(12(2)17(11)21-3)19-16(20)10-22-14-7-5-13(18)6-8-14/h4-9H,10H2,1-3H3,(H,19,20). The van der Waals surface area contributed by atoms with Gasteiger partial charge in [0.05, 0.1) is 7.11 Å². The van der Waals surface area contributed by atoms with Crippen molar-refractivity contribution in [3.63, 3.8) is 0 Å². The summed E-state index contributed by atoms with van der Waals surface area (Å²) in [6.45, 7) is 3.86. The van der Waals surface area contributed by atoms with Crippen LogP contribution in [0, 0.1) is 17.4 Å². The van der Waals surface area contributed by atoms with Crippen molar-refractivity contribution in [2.45, 2.75) is 13.8 Å². The second kappa shape index (κ2) is 7.49. The Labute approximate surface area is 144 Å². The minimum absolute atomic E-state index is 0.0315. The van der Waals surface area contributed by atoms with Crippen LogP contribution in [0.3, 0.4) is 0 Å². The summed E-state index contributed by atoms with van der Waals surface area (Å²) in [6.07, 6.45) is 0. The third-order valence-electron chi connectivity index (χ3n) is 3.26. The molecule has 0 aliphatic rings. The van der Waals surface area contributed by atoms with Gasteiger partial charge in [-0.2, -0.15) is 0 Å². The highest BCUT2D eigenvalue weighted by atomic mass is 127. The number of methoxy groups -OCH3 is 1. The number of anilines is 1. The molecule has 2 rings (SSSR count). The van der Waals surface area contributed by atoms with Gasteiger partial charge in [0.1, 0.15) is 11.5 Å². The first-order chi connectivity index (χ1) is 10.5. The maximum atomic E-state index is 12.0. The largest absolute Gasteiger partial charge is 0.496 e. The molecule has 0 aromatic heterocycles. The Morgan fingerprint density at radius 3 is 2.45 bits per heavy atom. The first kappa shape index (κ1) is 16.6. The summed E-state index contributed by atoms with van der Waals surface area (Å²) in [5.74, 6) is 1.26. The molecule has 0 bridgehead atoms. The fraction of sp³-hybridized carbons (Fsp3) is 0.235. The van der Waals surface area contributed by atoms with Gasteiger partial charge < -0.3 is 14.8 Å². The lowest BCUT2D eigenvalue weighted by Gasteiger charge is -2.14. The molecule has 2 aromatic carbocycles. The van der Waals surface area contributed by atoms with Gasteiger partial charge in [-0.05, 0) is 72.3 Å². The van der Waals surface area contributed by atoms with Gasteiger partial charge in [0.2, 0.25) is 0 Å². The third kappa shape index (κ3) is 4.13. The molecule has 2 aromatic rings. The van der Waals surface area contributed by atoms with Gasteiger partial charge in [-0.25, -0.2) is 0 Å². The van der Waals surface area contributed by atoms with Crippen LogP contribution in [0.15, 0.2) is 36.4 Å². The second-order valence-corrected chi connectivity index (χ2v) is 6.12. The van der Waals surface area contributed by atoms with Crippen LogP contribution in [0.2, 0.25) is 0 Å². The Kier molecular flexibility index (Phi) is 5.65. The number of hydrogen-bond acceptors (Lipinski definition) is 3. The summed E-state index contributed by atoms with van der Waals surface area (Å²) >= 11 is 2.22. The maximum Gasteiger partial charge on any atom is 0.262 e. The van der Waals surface area contributed by atoms with E-state index in [1.807, 2.05) is 50.2 Å². The number of carbonyl (C=O) groups excluding carboxylic acids is 1. The van der Waals surface area contributed by atoms with Crippen molar-refractivity contribution < 1.29 is 14.3 Å². The second-order valence-electron chi connectivity index (χ2n) is 4.88. The van der Waals surface area contributed by atoms with E-state index >= 15 is 0 Å². The summed E-state index contributed by atoms with van der Waals surface area (Å²) in [4.78, 5) is 12.0. The molecule has 0 heterocycles. The molecule has 0 fully saturated rings. The predicted octanol–water partition coefficient (Wildman–Crippen LogP) is 3.93. The normalized spacial score (nSPS) is 10.2. The Hall–Kier alpha value is -1.76. The molecule has 0 saturated carbocycles. The van der Waals surface area contributed by atoms with Gasteiger partial charge in [-0.3, -0.25) is 4.79 Å². The summed E-state index contributed by atoms with van der Waals surface area (Å²) in [5, 5.41) is 2.85. The van der Waals surface area contributed by atoms with Gasteiger partial charge in [-0.1, -0.05) is 6.07 Å². The summed E-state index contributed by atoms with van der Waals surface area (Å²) in [5.41, 5.74) is 2.68. The van der Waals surface area contributed by atoms with Crippen LogP contribution in [0.25, 0.3) is 0 Å². The predicted molar refractivity (Wildman–Crippen MR) is 95.8 cm³/mol. The highest BCUT2D eigenvalue weighted by molar-refractivity contribution is 14.1. The Morgan fingerprint density at radius 1 is 1.14 bits per heavy atom. The minimum Gasteiger partial charge on any atom is -0.496 e. The molecule has 0 unspecified atom stereocenters. The average Bonchev–Trinajstić information content (AvgIpc) is 2.50. The Bertz CT molecular complexity index is 668. The van der Waals surface area contributed by atoms with Gasteiger partial charge >= 0.3 is 0 Å². The number of ether oxygens (including phenoxy) is 2. The summed E-state index contributed by atoms with van der Waals surface area (Å²) in [6, 6.07) is 11.3. The Balaban J connectivity index is 1.99. The Morgan fingerprint density at radius 2 is 1.82 bits per heavy atom. The summed E-state index contributed by atoms with van der Waals surface area (Å²) < 4.78 is 11.9. The molecule has 4 nitrogen and oxygen atoms in total. The molecule has 5 heteroatoms. The highest BCUT2D eigenvalue weighted by Crippen LogP contribution is 2.29. The van der Waals surface area contributed by atoms with Gasteiger partial charge in [0.15, 0.2) is 6.61 Å². The maximum absolute atomic E-state index is 12.0. The van der Waals surface area contributed by atoms with Crippen LogP contribution in [0.4, 0.5) is 5.69 Å². The zero-order valence-electron chi connectivity index (χ0n) is 12.8. The van der Waals surface area contributed by atoms with E-state index in [1.165, 1.54) is 0 Å². The lowest BCUT2D eigenvalue weighted by molar-refractivity contribution is -0.118. The molecule has 1 N–H and O–H groups in total. The molecular weight excluding hydrogens is 393 g/mol. The fourth-order valence-corrected chi connectivity index (χ4v) is 2.50. The zero-order chi connectivity index (χ0) is 16.1. The third-order valence-corrected chi connectivity index (χ3v) is 3.98. The van der Waals surface area contributed by atoms with Crippen LogP contribution in [-0.2, 0) is 4.79 Å². The molecule has 0 aliphatic carbocycles. The number of rotatable bonds is 5. The first-order valence-corrected chi connectivity index (χ1v) is 7.91. The van der Waals surface area contributed by atoms with Crippen molar-refractivity contribution in [2.75, 3.05) is 19.0 Å². The van der Waals surface area contributed by atoms with Crippen LogP contribution < -0.4 is 14.8 Å². The van der Waals surface area contributed by atoms with Gasteiger partial charge in [0, 0.05) is 14.8 Å². The van der Waals surface area contributed by atoms with Crippen molar-refractivity contribution in [1.82, 2.24) is 0 Å². The lowest BCUT2D eigenvalue weighted by atomic mass is 10.1. The molecule has 22 heavy (non-hydrogen) atoms. The first-order valence-electron chi connectivity index (χ1n) is 6.83. The van der Waals surface area contributed by atoms with Crippen LogP contribution in [-0.4, -0.2) is 19.6 Å². The van der Waals surface area contributed by atoms with Gasteiger partial charge in [-0.15, -0.1) is 0 Å². The molecule has 0 saturated heterocycles.